The predicted octanol–water partition coefficient (Wildman–Crippen LogP) is 4.03. The number of hydrogen-bond donors (Lipinski definition) is 0. The van der Waals surface area contributed by atoms with Gasteiger partial charge in [-0.25, -0.2) is 13.4 Å². The summed E-state index contributed by atoms with van der Waals surface area (Å²) >= 11 is 0. The Morgan fingerprint density at radius 2 is 1.64 bits per heavy atom. The molecule has 2 aliphatic heterocycles. The van der Waals surface area contributed by atoms with Crippen molar-refractivity contribution in [2.75, 3.05) is 33.3 Å². The van der Waals surface area contributed by atoms with Gasteiger partial charge in [-0.2, -0.15) is 4.31 Å². The number of fused-ring (bicyclic) bond motifs is 2. The largest absolute Gasteiger partial charge is 0.493 e. The van der Waals surface area contributed by atoms with Gasteiger partial charge in [-0.3, -0.25) is 0 Å². The number of aliphatic imine (C=N–C) groups is 1. The summed E-state index contributed by atoms with van der Waals surface area (Å²) in [6, 6.07) is 22.6. The van der Waals surface area contributed by atoms with Gasteiger partial charge in [0, 0.05) is 26.2 Å². The quantitative estimate of drug-likeness (QED) is 0.584. The van der Waals surface area contributed by atoms with Crippen molar-refractivity contribution in [3.05, 3.63) is 83.9 Å². The first-order valence-electron chi connectivity index (χ1n) is 10.8. The van der Waals surface area contributed by atoms with Gasteiger partial charge in [0.15, 0.2) is 17.2 Å². The van der Waals surface area contributed by atoms with Crippen LogP contribution in [0.25, 0.3) is 0 Å². The summed E-state index contributed by atoms with van der Waals surface area (Å²) in [6.07, 6.45) is 0. The SMILES string of the molecule is COc1cccc2c1Oc1ccccc1N=C2N1CCN(S(=O)(=O)Cc2ccccc2)CC1. The number of para-hydroxylation sites is 3. The molecule has 0 atom stereocenters. The van der Waals surface area contributed by atoms with Crippen molar-refractivity contribution >= 4 is 21.5 Å². The Morgan fingerprint density at radius 3 is 2.39 bits per heavy atom. The molecule has 8 heteroatoms. The molecule has 0 unspecified atom stereocenters. The van der Waals surface area contributed by atoms with Crippen LogP contribution in [0.15, 0.2) is 77.8 Å². The van der Waals surface area contributed by atoms with Gasteiger partial charge in [0.05, 0.1) is 18.4 Å². The molecule has 1 fully saturated rings. The Balaban J connectivity index is 1.42. The zero-order valence-electron chi connectivity index (χ0n) is 18.3. The molecule has 0 aromatic heterocycles. The summed E-state index contributed by atoms with van der Waals surface area (Å²) < 4.78 is 39.3. The second-order valence-corrected chi connectivity index (χ2v) is 9.94. The van der Waals surface area contributed by atoms with E-state index in [4.69, 9.17) is 14.5 Å². The molecular formula is C25H25N3O4S. The van der Waals surface area contributed by atoms with E-state index in [9.17, 15) is 8.42 Å². The minimum absolute atomic E-state index is 0.00995. The predicted molar refractivity (Wildman–Crippen MR) is 128 cm³/mol. The van der Waals surface area contributed by atoms with Crippen LogP contribution in [-0.4, -0.2) is 56.7 Å². The Morgan fingerprint density at radius 1 is 0.909 bits per heavy atom. The van der Waals surface area contributed by atoms with Crippen molar-refractivity contribution in [3.8, 4) is 17.2 Å². The van der Waals surface area contributed by atoms with Crippen molar-refractivity contribution in [3.63, 3.8) is 0 Å². The molecule has 0 amide bonds. The van der Waals surface area contributed by atoms with Gasteiger partial charge >= 0.3 is 0 Å². The summed E-state index contributed by atoms with van der Waals surface area (Å²) in [6.45, 7) is 1.86. The second-order valence-electron chi connectivity index (χ2n) is 7.97. The average Bonchev–Trinajstić information content (AvgIpc) is 3.01. The molecule has 1 saturated heterocycles. The van der Waals surface area contributed by atoms with Gasteiger partial charge in [0.25, 0.3) is 0 Å². The molecule has 3 aromatic rings. The summed E-state index contributed by atoms with van der Waals surface area (Å²) in [5.41, 5.74) is 2.35. The summed E-state index contributed by atoms with van der Waals surface area (Å²) in [4.78, 5) is 7.05. The van der Waals surface area contributed by atoms with E-state index in [2.05, 4.69) is 4.90 Å². The number of benzene rings is 3. The normalized spacial score (nSPS) is 16.2. The molecular weight excluding hydrogens is 438 g/mol. The molecule has 33 heavy (non-hydrogen) atoms. The molecule has 0 saturated carbocycles. The number of ether oxygens (including phenoxy) is 2. The van der Waals surface area contributed by atoms with Gasteiger partial charge in [0.1, 0.15) is 11.5 Å². The first kappa shape index (κ1) is 21.5. The van der Waals surface area contributed by atoms with Crippen molar-refractivity contribution < 1.29 is 17.9 Å². The highest BCUT2D eigenvalue weighted by molar-refractivity contribution is 7.88. The molecule has 0 aliphatic carbocycles. The lowest BCUT2D eigenvalue weighted by molar-refractivity contribution is 0.266. The minimum Gasteiger partial charge on any atom is -0.493 e. The van der Waals surface area contributed by atoms with E-state index in [1.54, 1.807) is 11.4 Å². The average molecular weight is 464 g/mol. The maximum Gasteiger partial charge on any atom is 0.218 e. The first-order valence-corrected chi connectivity index (χ1v) is 12.5. The van der Waals surface area contributed by atoms with Gasteiger partial charge in [-0.1, -0.05) is 48.5 Å². The van der Waals surface area contributed by atoms with E-state index in [0.29, 0.717) is 43.4 Å². The number of methoxy groups -OCH3 is 1. The number of nitrogens with zero attached hydrogens (tertiary/aromatic N) is 3. The zero-order valence-corrected chi connectivity index (χ0v) is 19.2. The molecule has 170 valence electrons. The lowest BCUT2D eigenvalue weighted by Gasteiger charge is -2.36. The highest BCUT2D eigenvalue weighted by atomic mass is 32.2. The molecule has 2 heterocycles. The zero-order chi connectivity index (χ0) is 22.8. The molecule has 0 bridgehead atoms. The number of amidine groups is 1. The van der Waals surface area contributed by atoms with E-state index in [0.717, 1.165) is 22.6 Å². The van der Waals surface area contributed by atoms with Crippen LogP contribution in [0.3, 0.4) is 0 Å². The van der Waals surface area contributed by atoms with Gasteiger partial charge in [-0.15, -0.1) is 0 Å². The standard InChI is InChI=1S/C25H25N3O4S/c1-31-23-13-7-10-20-24(23)32-22-12-6-5-11-21(22)26-25(20)27-14-16-28(17-15-27)33(29,30)18-19-8-3-2-4-9-19/h2-13H,14-18H2,1H3. The van der Waals surface area contributed by atoms with Crippen molar-refractivity contribution in [2.45, 2.75) is 5.75 Å². The lowest BCUT2D eigenvalue weighted by Crippen LogP contribution is -2.51. The Hall–Kier alpha value is -3.36. The monoisotopic (exact) mass is 463 g/mol. The van der Waals surface area contributed by atoms with Crippen LogP contribution >= 0.6 is 0 Å². The van der Waals surface area contributed by atoms with Crippen LogP contribution in [0.4, 0.5) is 5.69 Å². The fourth-order valence-electron chi connectivity index (χ4n) is 4.17. The maximum atomic E-state index is 13.0. The highest BCUT2D eigenvalue weighted by Crippen LogP contribution is 2.42. The van der Waals surface area contributed by atoms with Crippen LogP contribution in [-0.2, 0) is 15.8 Å². The number of rotatable bonds is 4. The van der Waals surface area contributed by atoms with E-state index >= 15 is 0 Å². The van der Waals surface area contributed by atoms with Crippen molar-refractivity contribution in [1.29, 1.82) is 0 Å². The Kier molecular flexibility index (Phi) is 5.78. The third-order valence-corrected chi connectivity index (χ3v) is 7.72. The number of sulfonamides is 1. The third-order valence-electron chi connectivity index (χ3n) is 5.87. The molecule has 5 rings (SSSR count). The molecule has 0 radical (unpaired) electrons. The van der Waals surface area contributed by atoms with Crippen LogP contribution in [0, 0.1) is 0 Å². The van der Waals surface area contributed by atoms with Gasteiger partial charge in [0.2, 0.25) is 10.0 Å². The molecule has 0 spiro atoms. The summed E-state index contributed by atoms with van der Waals surface area (Å²) in [5.74, 6) is 2.66. The van der Waals surface area contributed by atoms with Crippen LogP contribution in [0.2, 0.25) is 0 Å². The highest BCUT2D eigenvalue weighted by Gasteiger charge is 2.31. The van der Waals surface area contributed by atoms with Crippen molar-refractivity contribution in [2.24, 2.45) is 4.99 Å². The van der Waals surface area contributed by atoms with E-state index in [-0.39, 0.29) is 5.75 Å². The summed E-state index contributed by atoms with van der Waals surface area (Å²) in [5, 5.41) is 0. The van der Waals surface area contributed by atoms with E-state index in [1.165, 1.54) is 0 Å². The number of hydrogen-bond acceptors (Lipinski definition) is 6. The Labute approximate surface area is 193 Å². The number of piperazine rings is 1. The van der Waals surface area contributed by atoms with E-state index in [1.807, 2.05) is 72.8 Å². The molecule has 3 aromatic carbocycles. The topological polar surface area (TPSA) is 71.4 Å². The van der Waals surface area contributed by atoms with Crippen molar-refractivity contribution in [1.82, 2.24) is 9.21 Å². The summed E-state index contributed by atoms with van der Waals surface area (Å²) in [7, 11) is -1.78. The Bertz CT molecular complexity index is 1280. The fourth-order valence-corrected chi connectivity index (χ4v) is 5.69. The van der Waals surface area contributed by atoms with Crippen LogP contribution < -0.4 is 9.47 Å². The van der Waals surface area contributed by atoms with Crippen LogP contribution in [0.5, 0.6) is 17.2 Å². The smallest absolute Gasteiger partial charge is 0.218 e. The maximum absolute atomic E-state index is 13.0. The van der Waals surface area contributed by atoms with E-state index < -0.39 is 10.0 Å². The lowest BCUT2D eigenvalue weighted by atomic mass is 10.1. The molecule has 7 nitrogen and oxygen atoms in total. The van der Waals surface area contributed by atoms with Gasteiger partial charge in [-0.05, 0) is 29.8 Å². The molecule has 0 N–H and O–H groups in total. The van der Waals surface area contributed by atoms with Crippen LogP contribution in [0.1, 0.15) is 11.1 Å². The fraction of sp³-hybridized carbons (Fsp3) is 0.240. The first-order chi connectivity index (χ1) is 16.0. The third kappa shape index (κ3) is 4.31. The van der Waals surface area contributed by atoms with Gasteiger partial charge < -0.3 is 14.4 Å². The minimum atomic E-state index is -3.40. The molecule has 2 aliphatic rings. The second kappa shape index (κ2) is 8.88.